The molecule has 4 heteroatoms. The molecule has 0 aliphatic carbocycles. The third-order valence-electron chi connectivity index (χ3n) is 1.88. The largest absolute Gasteiger partial charge is 0.463 e. The second-order valence-electron chi connectivity index (χ2n) is 2.63. The quantitative estimate of drug-likeness (QED) is 0.635. The third-order valence-corrected chi connectivity index (χ3v) is 1.88. The summed E-state index contributed by atoms with van der Waals surface area (Å²) in [6.45, 7) is 0.885. The van der Waals surface area contributed by atoms with Crippen LogP contribution in [0.5, 0.6) is 0 Å². The van der Waals surface area contributed by atoms with E-state index in [2.05, 4.69) is 10.1 Å². The van der Waals surface area contributed by atoms with E-state index in [1.807, 2.05) is 0 Å². The smallest absolute Gasteiger partial charge is 0.374 e. The summed E-state index contributed by atoms with van der Waals surface area (Å²) in [5.41, 5.74) is 1.05. The van der Waals surface area contributed by atoms with E-state index < -0.39 is 5.97 Å². The Hall–Kier alpha value is -1.45. The predicted molar refractivity (Wildman–Crippen MR) is 42.2 cm³/mol. The maximum absolute atomic E-state index is 11.0. The van der Waals surface area contributed by atoms with Gasteiger partial charge in [-0.3, -0.25) is 0 Å². The Morgan fingerprint density at radius 3 is 3.25 bits per heavy atom. The Morgan fingerprint density at radius 1 is 1.75 bits per heavy atom. The molecule has 1 N–H and O–H groups in total. The van der Waals surface area contributed by atoms with Gasteiger partial charge in [-0.1, -0.05) is 0 Å². The summed E-state index contributed by atoms with van der Waals surface area (Å²) in [6.07, 6.45) is 0.913. The van der Waals surface area contributed by atoms with Gasteiger partial charge in [-0.05, 0) is 12.5 Å². The van der Waals surface area contributed by atoms with E-state index in [4.69, 9.17) is 4.42 Å². The van der Waals surface area contributed by atoms with Crippen LogP contribution in [-0.4, -0.2) is 19.6 Å². The number of rotatable bonds is 1. The summed E-state index contributed by atoms with van der Waals surface area (Å²) in [4.78, 5) is 11.0. The van der Waals surface area contributed by atoms with Crippen LogP contribution in [-0.2, 0) is 11.2 Å². The van der Waals surface area contributed by atoms with E-state index in [1.54, 1.807) is 6.07 Å². The zero-order valence-electron chi connectivity index (χ0n) is 6.72. The van der Waals surface area contributed by atoms with E-state index in [0.717, 1.165) is 18.5 Å². The van der Waals surface area contributed by atoms with Crippen LogP contribution in [0.1, 0.15) is 16.1 Å². The van der Waals surface area contributed by atoms with Crippen LogP contribution >= 0.6 is 0 Å². The highest BCUT2D eigenvalue weighted by Crippen LogP contribution is 2.26. The van der Waals surface area contributed by atoms with Crippen molar-refractivity contribution in [2.75, 3.05) is 19.0 Å². The molecule has 64 valence electrons. The topological polar surface area (TPSA) is 51.5 Å². The first-order valence-electron chi connectivity index (χ1n) is 3.76. The highest BCUT2D eigenvalue weighted by atomic mass is 16.5. The standard InChI is InChI=1S/C8H9NO3/c1-11-8(10)6-4-5-2-3-9-7(5)12-6/h4,9H,2-3H2,1H3. The van der Waals surface area contributed by atoms with Crippen molar-refractivity contribution in [2.45, 2.75) is 6.42 Å². The molecule has 1 aromatic heterocycles. The average Bonchev–Trinajstić information content (AvgIpc) is 2.60. The van der Waals surface area contributed by atoms with Crippen molar-refractivity contribution in [3.05, 3.63) is 17.4 Å². The number of carbonyl (C=O) groups is 1. The molecule has 0 unspecified atom stereocenters. The minimum Gasteiger partial charge on any atom is -0.463 e. The maximum Gasteiger partial charge on any atom is 0.374 e. The number of esters is 1. The molecule has 2 heterocycles. The van der Waals surface area contributed by atoms with Crippen molar-refractivity contribution in [3.8, 4) is 0 Å². The Labute approximate surface area is 69.5 Å². The fourth-order valence-electron chi connectivity index (χ4n) is 1.28. The molecule has 0 atom stereocenters. The molecule has 0 saturated heterocycles. The highest BCUT2D eigenvalue weighted by molar-refractivity contribution is 5.87. The van der Waals surface area contributed by atoms with Gasteiger partial charge in [0.15, 0.2) is 5.88 Å². The predicted octanol–water partition coefficient (Wildman–Crippen LogP) is 1.03. The lowest BCUT2D eigenvalue weighted by Gasteiger charge is -1.93. The molecule has 0 amide bonds. The maximum atomic E-state index is 11.0. The summed E-state index contributed by atoms with van der Waals surface area (Å²) in [5, 5.41) is 3.03. The molecule has 0 fully saturated rings. The Kier molecular flexibility index (Phi) is 1.53. The number of hydrogen-bond donors (Lipinski definition) is 1. The number of ether oxygens (including phenoxy) is 1. The minimum atomic E-state index is -0.425. The van der Waals surface area contributed by atoms with Gasteiger partial charge in [0.2, 0.25) is 5.76 Å². The summed E-state index contributed by atoms with van der Waals surface area (Å²) in [6, 6.07) is 1.72. The van der Waals surface area contributed by atoms with Gasteiger partial charge in [0.05, 0.1) is 7.11 Å². The van der Waals surface area contributed by atoms with Gasteiger partial charge in [-0.2, -0.15) is 0 Å². The SMILES string of the molecule is COC(=O)c1cc2c(o1)NCC2. The highest BCUT2D eigenvalue weighted by Gasteiger charge is 2.19. The molecule has 0 radical (unpaired) electrons. The number of hydrogen-bond acceptors (Lipinski definition) is 4. The Bertz CT molecular complexity index is 295. The number of furan rings is 1. The van der Waals surface area contributed by atoms with Gasteiger partial charge in [0.1, 0.15) is 0 Å². The molecular weight excluding hydrogens is 158 g/mol. The first-order chi connectivity index (χ1) is 5.81. The molecular formula is C8H9NO3. The molecule has 1 aromatic rings. The molecule has 1 aliphatic heterocycles. The first-order valence-corrected chi connectivity index (χ1v) is 3.76. The van der Waals surface area contributed by atoms with E-state index in [-0.39, 0.29) is 5.76 Å². The van der Waals surface area contributed by atoms with Crippen molar-refractivity contribution < 1.29 is 13.9 Å². The minimum absolute atomic E-state index is 0.273. The van der Waals surface area contributed by atoms with Crippen molar-refractivity contribution >= 4 is 11.9 Å². The molecule has 4 nitrogen and oxygen atoms in total. The first kappa shape index (κ1) is 7.21. The lowest BCUT2D eigenvalue weighted by atomic mass is 10.2. The lowest BCUT2D eigenvalue weighted by molar-refractivity contribution is 0.0566. The van der Waals surface area contributed by atoms with Crippen LogP contribution < -0.4 is 5.32 Å². The number of methoxy groups -OCH3 is 1. The normalized spacial score (nSPS) is 13.8. The number of anilines is 1. The van der Waals surface area contributed by atoms with Crippen molar-refractivity contribution in [1.29, 1.82) is 0 Å². The summed E-state index contributed by atoms with van der Waals surface area (Å²) >= 11 is 0. The number of carbonyl (C=O) groups excluding carboxylic acids is 1. The lowest BCUT2D eigenvalue weighted by Crippen LogP contribution is -2.00. The van der Waals surface area contributed by atoms with Crippen LogP contribution in [0.3, 0.4) is 0 Å². The second-order valence-corrected chi connectivity index (χ2v) is 2.63. The summed E-state index contributed by atoms with van der Waals surface area (Å²) in [5.74, 6) is 0.552. The monoisotopic (exact) mass is 167 g/mol. The number of nitrogens with one attached hydrogen (secondary N) is 1. The second kappa shape index (κ2) is 2.55. The van der Waals surface area contributed by atoms with Gasteiger partial charge >= 0.3 is 5.97 Å². The summed E-state index contributed by atoms with van der Waals surface area (Å²) < 4.78 is 9.71. The van der Waals surface area contributed by atoms with Gasteiger partial charge < -0.3 is 14.5 Å². The van der Waals surface area contributed by atoms with Gasteiger partial charge in [0.25, 0.3) is 0 Å². The van der Waals surface area contributed by atoms with E-state index in [1.165, 1.54) is 7.11 Å². The Morgan fingerprint density at radius 2 is 2.58 bits per heavy atom. The van der Waals surface area contributed by atoms with Crippen LogP contribution in [0.4, 0.5) is 5.88 Å². The molecule has 0 bridgehead atoms. The summed E-state index contributed by atoms with van der Waals surface area (Å²) in [7, 11) is 1.34. The van der Waals surface area contributed by atoms with Crippen LogP contribution in [0.15, 0.2) is 10.5 Å². The van der Waals surface area contributed by atoms with Crippen LogP contribution in [0.2, 0.25) is 0 Å². The van der Waals surface area contributed by atoms with Crippen molar-refractivity contribution in [1.82, 2.24) is 0 Å². The molecule has 0 spiro atoms. The van der Waals surface area contributed by atoms with E-state index in [9.17, 15) is 4.79 Å². The molecule has 12 heavy (non-hydrogen) atoms. The zero-order chi connectivity index (χ0) is 8.55. The molecule has 0 aromatic carbocycles. The fourth-order valence-corrected chi connectivity index (χ4v) is 1.28. The zero-order valence-corrected chi connectivity index (χ0v) is 6.72. The van der Waals surface area contributed by atoms with Crippen molar-refractivity contribution in [2.24, 2.45) is 0 Å². The van der Waals surface area contributed by atoms with Crippen LogP contribution in [0.25, 0.3) is 0 Å². The van der Waals surface area contributed by atoms with E-state index in [0.29, 0.717) is 5.88 Å². The third kappa shape index (κ3) is 0.958. The average molecular weight is 167 g/mol. The fraction of sp³-hybridized carbons (Fsp3) is 0.375. The van der Waals surface area contributed by atoms with Gasteiger partial charge in [-0.15, -0.1) is 0 Å². The van der Waals surface area contributed by atoms with Gasteiger partial charge in [-0.25, -0.2) is 4.79 Å². The van der Waals surface area contributed by atoms with Crippen molar-refractivity contribution in [3.63, 3.8) is 0 Å². The van der Waals surface area contributed by atoms with Crippen LogP contribution in [0, 0.1) is 0 Å². The van der Waals surface area contributed by atoms with Gasteiger partial charge in [0, 0.05) is 12.1 Å². The molecule has 2 rings (SSSR count). The Balaban J connectivity index is 2.31. The number of fused-ring (bicyclic) bond motifs is 1. The molecule has 1 aliphatic rings. The van der Waals surface area contributed by atoms with E-state index >= 15 is 0 Å². The molecule has 0 saturated carbocycles.